The lowest BCUT2D eigenvalue weighted by atomic mass is 10.1. The van der Waals surface area contributed by atoms with Gasteiger partial charge in [0.1, 0.15) is 22.9 Å². The first kappa shape index (κ1) is 20.4. The van der Waals surface area contributed by atoms with Gasteiger partial charge in [-0.3, -0.25) is 0 Å². The summed E-state index contributed by atoms with van der Waals surface area (Å²) in [5.74, 6) is 1.69. The second kappa shape index (κ2) is 8.77. The Morgan fingerprint density at radius 1 is 1.03 bits per heavy atom. The summed E-state index contributed by atoms with van der Waals surface area (Å²) in [6, 6.07) is 11.1. The first-order chi connectivity index (χ1) is 14.0. The van der Waals surface area contributed by atoms with Crippen molar-refractivity contribution in [2.75, 3.05) is 33.7 Å². The number of nitrogens with two attached hydrogens (primary N) is 1. The number of benzene rings is 2. The highest BCUT2D eigenvalue weighted by molar-refractivity contribution is 6.00. The number of ether oxygens (including phenoxy) is 4. The van der Waals surface area contributed by atoms with Gasteiger partial charge in [0.25, 0.3) is 0 Å². The predicted octanol–water partition coefficient (Wildman–Crippen LogP) is 3.58. The minimum atomic E-state index is -0.410. The van der Waals surface area contributed by atoms with Gasteiger partial charge in [-0.25, -0.2) is 4.79 Å². The Bertz CT molecular complexity index is 1030. The van der Waals surface area contributed by atoms with Crippen LogP contribution in [0.1, 0.15) is 22.5 Å². The van der Waals surface area contributed by atoms with Crippen molar-refractivity contribution in [1.82, 2.24) is 4.57 Å². The van der Waals surface area contributed by atoms with E-state index in [0.29, 0.717) is 29.5 Å². The molecule has 0 unspecified atom stereocenters. The molecule has 0 spiro atoms. The van der Waals surface area contributed by atoms with Crippen molar-refractivity contribution in [3.63, 3.8) is 0 Å². The number of aryl methyl sites for hydroxylation is 2. The molecule has 7 nitrogen and oxygen atoms in total. The van der Waals surface area contributed by atoms with Crippen LogP contribution in [0.4, 0.5) is 5.69 Å². The molecular weight excluding hydrogens is 372 g/mol. The van der Waals surface area contributed by atoms with Crippen LogP contribution in [-0.4, -0.2) is 38.5 Å². The number of nitrogens with zero attached hydrogens (tertiary/aromatic N) is 1. The molecule has 2 aromatic carbocycles. The molecule has 0 aliphatic carbocycles. The van der Waals surface area contributed by atoms with Gasteiger partial charge < -0.3 is 29.2 Å². The summed E-state index contributed by atoms with van der Waals surface area (Å²) >= 11 is 0. The summed E-state index contributed by atoms with van der Waals surface area (Å²) in [4.78, 5) is 12.1. The van der Waals surface area contributed by atoms with E-state index in [4.69, 9.17) is 24.7 Å². The Hall–Kier alpha value is -3.35. The summed E-state index contributed by atoms with van der Waals surface area (Å²) in [7, 11) is 6.37. The molecule has 2 N–H and O–H groups in total. The number of nitrogen functional groups attached to an aromatic ring is 1. The number of carbonyl (C=O) groups is 1. The average molecular weight is 398 g/mol. The largest absolute Gasteiger partial charge is 0.497 e. The lowest BCUT2D eigenvalue weighted by Crippen LogP contribution is -2.07. The summed E-state index contributed by atoms with van der Waals surface area (Å²) in [5.41, 5.74) is 9.06. The van der Waals surface area contributed by atoms with Gasteiger partial charge >= 0.3 is 5.97 Å². The molecule has 1 heterocycles. The van der Waals surface area contributed by atoms with Crippen molar-refractivity contribution >= 4 is 22.6 Å². The normalized spacial score (nSPS) is 10.8. The molecule has 3 rings (SSSR count). The van der Waals surface area contributed by atoms with E-state index in [1.54, 1.807) is 31.9 Å². The van der Waals surface area contributed by atoms with E-state index in [1.807, 2.05) is 30.3 Å². The third-order valence-electron chi connectivity index (χ3n) is 4.93. The van der Waals surface area contributed by atoms with E-state index in [9.17, 15) is 4.79 Å². The lowest BCUT2D eigenvalue weighted by Gasteiger charge is -2.12. The van der Waals surface area contributed by atoms with Gasteiger partial charge in [0.05, 0.1) is 33.5 Å². The van der Waals surface area contributed by atoms with Crippen LogP contribution in [0.15, 0.2) is 36.4 Å². The van der Waals surface area contributed by atoms with E-state index in [2.05, 4.69) is 0 Å². The number of hydrogen-bond acceptors (Lipinski definition) is 6. The van der Waals surface area contributed by atoms with Crippen molar-refractivity contribution in [2.24, 2.45) is 7.05 Å². The molecule has 0 aliphatic rings. The molecule has 7 heteroatoms. The van der Waals surface area contributed by atoms with E-state index in [-0.39, 0.29) is 0 Å². The first-order valence-electron chi connectivity index (χ1n) is 9.30. The Kier molecular flexibility index (Phi) is 6.16. The Labute approximate surface area is 169 Å². The zero-order valence-electron chi connectivity index (χ0n) is 17.2. The number of carbonyl (C=O) groups excluding carboxylic acids is 1. The van der Waals surface area contributed by atoms with Crippen LogP contribution in [0.2, 0.25) is 0 Å². The third kappa shape index (κ3) is 4.08. The van der Waals surface area contributed by atoms with E-state index < -0.39 is 5.97 Å². The number of hydrogen-bond donors (Lipinski definition) is 1. The topological polar surface area (TPSA) is 84.9 Å². The average Bonchev–Trinajstić information content (AvgIpc) is 3.09. The van der Waals surface area contributed by atoms with Crippen LogP contribution in [0, 0.1) is 0 Å². The van der Waals surface area contributed by atoms with E-state index in [1.165, 1.54) is 7.11 Å². The molecular formula is C22H26N2O5. The molecule has 0 amide bonds. The van der Waals surface area contributed by atoms with Gasteiger partial charge in [-0.1, -0.05) is 6.07 Å². The van der Waals surface area contributed by atoms with Crippen LogP contribution in [0.25, 0.3) is 10.9 Å². The molecule has 0 radical (unpaired) electrons. The van der Waals surface area contributed by atoms with Crippen LogP contribution >= 0.6 is 0 Å². The molecule has 154 valence electrons. The quantitative estimate of drug-likeness (QED) is 0.355. The van der Waals surface area contributed by atoms with Crippen molar-refractivity contribution < 1.29 is 23.7 Å². The molecule has 0 saturated heterocycles. The molecule has 3 aromatic rings. The number of methoxy groups -OCH3 is 3. The zero-order valence-corrected chi connectivity index (χ0v) is 17.2. The van der Waals surface area contributed by atoms with Crippen molar-refractivity contribution in [3.05, 3.63) is 47.7 Å². The molecule has 0 bridgehead atoms. The van der Waals surface area contributed by atoms with Crippen LogP contribution in [0.5, 0.6) is 17.2 Å². The van der Waals surface area contributed by atoms with E-state index >= 15 is 0 Å². The highest BCUT2D eigenvalue weighted by atomic mass is 16.5. The fraction of sp³-hybridized carbons (Fsp3) is 0.318. The Balaban J connectivity index is 1.76. The number of rotatable bonds is 8. The van der Waals surface area contributed by atoms with Gasteiger partial charge in [0, 0.05) is 24.2 Å². The standard InChI is InChI=1S/C22H26N2O5/c1-24-18(22(25)28-4)13-16-19(9-10-20(27-3)21(16)24)29-11-5-6-14-7-8-15(26-2)12-17(14)23/h7-10,12-13H,5-6,11,23H2,1-4H3. The predicted molar refractivity (Wildman–Crippen MR) is 112 cm³/mol. The van der Waals surface area contributed by atoms with Gasteiger partial charge in [-0.05, 0) is 42.7 Å². The first-order valence-corrected chi connectivity index (χ1v) is 9.30. The maximum Gasteiger partial charge on any atom is 0.354 e. The number of esters is 1. The van der Waals surface area contributed by atoms with Gasteiger partial charge in [-0.15, -0.1) is 0 Å². The van der Waals surface area contributed by atoms with Crippen molar-refractivity contribution in [2.45, 2.75) is 12.8 Å². The molecule has 1 aromatic heterocycles. The van der Waals surface area contributed by atoms with Gasteiger partial charge in [-0.2, -0.15) is 0 Å². The van der Waals surface area contributed by atoms with Gasteiger partial charge in [0.2, 0.25) is 0 Å². The van der Waals surface area contributed by atoms with E-state index in [0.717, 1.165) is 35.1 Å². The second-order valence-electron chi connectivity index (χ2n) is 6.63. The second-order valence-corrected chi connectivity index (χ2v) is 6.63. The molecule has 0 fully saturated rings. The fourth-order valence-corrected chi connectivity index (χ4v) is 3.37. The molecule has 0 aliphatic heterocycles. The molecule has 0 saturated carbocycles. The summed E-state index contributed by atoms with van der Waals surface area (Å²) in [6.45, 7) is 0.509. The Morgan fingerprint density at radius 3 is 2.45 bits per heavy atom. The van der Waals surface area contributed by atoms with Crippen molar-refractivity contribution in [3.8, 4) is 17.2 Å². The Morgan fingerprint density at radius 2 is 1.79 bits per heavy atom. The maximum atomic E-state index is 12.1. The van der Waals surface area contributed by atoms with Gasteiger partial charge in [0.15, 0.2) is 0 Å². The van der Waals surface area contributed by atoms with Crippen LogP contribution in [0.3, 0.4) is 0 Å². The monoisotopic (exact) mass is 398 g/mol. The summed E-state index contributed by atoms with van der Waals surface area (Å²) in [5, 5.41) is 0.802. The fourth-order valence-electron chi connectivity index (χ4n) is 3.37. The maximum absolute atomic E-state index is 12.1. The minimum absolute atomic E-state index is 0.410. The third-order valence-corrected chi connectivity index (χ3v) is 4.93. The lowest BCUT2D eigenvalue weighted by molar-refractivity contribution is 0.0590. The van der Waals surface area contributed by atoms with Crippen LogP contribution in [-0.2, 0) is 18.2 Å². The summed E-state index contributed by atoms with van der Waals surface area (Å²) in [6.07, 6.45) is 1.58. The number of anilines is 1. The number of aromatic nitrogens is 1. The van der Waals surface area contributed by atoms with Crippen LogP contribution < -0.4 is 19.9 Å². The number of fused-ring (bicyclic) bond motifs is 1. The van der Waals surface area contributed by atoms with Crippen molar-refractivity contribution in [1.29, 1.82) is 0 Å². The minimum Gasteiger partial charge on any atom is -0.497 e. The summed E-state index contributed by atoms with van der Waals surface area (Å²) < 4.78 is 23.3. The SMILES string of the molecule is COC(=O)c1cc2c(OCCCc3ccc(OC)cc3N)ccc(OC)c2n1C. The molecule has 29 heavy (non-hydrogen) atoms. The highest BCUT2D eigenvalue weighted by Crippen LogP contribution is 2.35. The smallest absolute Gasteiger partial charge is 0.354 e. The molecule has 0 atom stereocenters. The zero-order chi connectivity index (χ0) is 21.0. The highest BCUT2D eigenvalue weighted by Gasteiger charge is 2.19.